The predicted molar refractivity (Wildman–Crippen MR) is 197 cm³/mol. The van der Waals surface area contributed by atoms with Gasteiger partial charge in [0, 0.05) is 43.6 Å². The van der Waals surface area contributed by atoms with E-state index in [9.17, 15) is 0 Å². The van der Waals surface area contributed by atoms with E-state index in [-0.39, 0.29) is 20.1 Å². The van der Waals surface area contributed by atoms with Gasteiger partial charge >= 0.3 is 0 Å². The van der Waals surface area contributed by atoms with Crippen LogP contribution in [0.5, 0.6) is 0 Å². The quantitative estimate of drug-likeness (QED) is 0.162. The number of pyridine rings is 2. The van der Waals surface area contributed by atoms with Gasteiger partial charge in [-0.25, -0.2) is 0 Å². The first kappa shape index (κ1) is 34.0. The third kappa shape index (κ3) is 6.59. The van der Waals surface area contributed by atoms with Crippen molar-refractivity contribution >= 4 is 33.0 Å². The van der Waals surface area contributed by atoms with Gasteiger partial charge in [-0.05, 0) is 53.3 Å². The van der Waals surface area contributed by atoms with Gasteiger partial charge in [0.2, 0.25) is 0 Å². The minimum atomic E-state index is 0. The van der Waals surface area contributed by atoms with E-state index in [0.29, 0.717) is 11.8 Å². The van der Waals surface area contributed by atoms with Crippen molar-refractivity contribution in [3.63, 3.8) is 0 Å². The largest absolute Gasteiger partial charge is 0.501 e. The van der Waals surface area contributed by atoms with Crippen LogP contribution >= 0.6 is 0 Å². The molecular weight excluding hydrogens is 781 g/mol. The fourth-order valence-corrected chi connectivity index (χ4v) is 6.24. The molecule has 0 amide bonds. The summed E-state index contributed by atoms with van der Waals surface area (Å²) < 4.78 is 8.67. The van der Waals surface area contributed by atoms with Gasteiger partial charge in [-0.2, -0.15) is 0 Å². The third-order valence-electron chi connectivity index (χ3n) is 8.74. The van der Waals surface area contributed by atoms with Gasteiger partial charge in [-0.15, -0.1) is 53.6 Å². The number of nitrogens with zero attached hydrogens (tertiary/aromatic N) is 4. The summed E-state index contributed by atoms with van der Waals surface area (Å²) in [6, 6.07) is 37.7. The molecule has 0 fully saturated rings. The van der Waals surface area contributed by atoms with Gasteiger partial charge in [0.1, 0.15) is 5.58 Å². The Morgan fingerprint density at radius 1 is 0.735 bits per heavy atom. The zero-order chi connectivity index (χ0) is 33.4. The number of para-hydroxylation sites is 2. The number of hydrogen-bond donors (Lipinski definition) is 0. The molecule has 0 aliphatic carbocycles. The molecule has 5 nitrogen and oxygen atoms in total. The molecule has 0 N–H and O–H groups in total. The van der Waals surface area contributed by atoms with E-state index in [4.69, 9.17) is 9.40 Å². The van der Waals surface area contributed by atoms with Crippen molar-refractivity contribution in [3.05, 3.63) is 144 Å². The number of imidazole rings is 1. The van der Waals surface area contributed by atoms with Gasteiger partial charge in [-0.3, -0.25) is 9.97 Å². The van der Waals surface area contributed by atoms with E-state index in [1.807, 2.05) is 74.0 Å². The van der Waals surface area contributed by atoms with Crippen LogP contribution in [0.4, 0.5) is 0 Å². The maximum absolute atomic E-state index is 6.38. The van der Waals surface area contributed by atoms with Crippen molar-refractivity contribution in [2.45, 2.75) is 53.4 Å². The smallest absolute Gasteiger partial charge is 0.120 e. The van der Waals surface area contributed by atoms with Gasteiger partial charge in [-0.1, -0.05) is 94.1 Å². The second-order valence-electron chi connectivity index (χ2n) is 12.9. The minimum Gasteiger partial charge on any atom is -0.501 e. The minimum absolute atomic E-state index is 0. The molecule has 8 aromatic rings. The van der Waals surface area contributed by atoms with Crippen LogP contribution in [0.1, 0.15) is 61.8 Å². The Morgan fingerprint density at radius 3 is 2.18 bits per heavy atom. The molecule has 0 saturated heterocycles. The third-order valence-corrected chi connectivity index (χ3v) is 8.74. The SMILES string of the molecule is CC(C)c1cccc(C(C)C)c1-n1c(-c2[c-]ccc3c2oc2ccccc23)nc2cnccc21.Cc1c[c-]c(-c2ccc(C)cn2)cc1.[Ir]. The van der Waals surface area contributed by atoms with Crippen LogP contribution in [0.2, 0.25) is 0 Å². The first-order valence-electron chi connectivity index (χ1n) is 16.5. The molecule has 1 radical (unpaired) electrons. The Balaban J connectivity index is 0.000000234. The summed E-state index contributed by atoms with van der Waals surface area (Å²) in [5.41, 5.74) is 12.6. The molecular formula is C43H38IrN4O-2. The molecule has 0 atom stereocenters. The number of furan rings is 1. The average molecular weight is 819 g/mol. The van der Waals surface area contributed by atoms with E-state index in [1.54, 1.807) is 0 Å². The Bertz CT molecular complexity index is 2300. The van der Waals surface area contributed by atoms with Gasteiger partial charge in [0.25, 0.3) is 0 Å². The Labute approximate surface area is 301 Å². The summed E-state index contributed by atoms with van der Waals surface area (Å²) >= 11 is 0. The van der Waals surface area contributed by atoms with Gasteiger partial charge in [0.15, 0.2) is 0 Å². The predicted octanol–water partition coefficient (Wildman–Crippen LogP) is 11.2. The Morgan fingerprint density at radius 2 is 1.49 bits per heavy atom. The van der Waals surface area contributed by atoms with Crippen LogP contribution < -0.4 is 0 Å². The molecule has 0 saturated carbocycles. The van der Waals surface area contributed by atoms with Crippen LogP contribution in [0.15, 0.2) is 114 Å². The number of benzene rings is 4. The fourth-order valence-electron chi connectivity index (χ4n) is 6.24. The van der Waals surface area contributed by atoms with Crippen molar-refractivity contribution in [3.8, 4) is 28.3 Å². The van der Waals surface area contributed by atoms with E-state index in [2.05, 4.69) is 104 Å². The van der Waals surface area contributed by atoms with Crippen LogP contribution in [0.3, 0.4) is 0 Å². The van der Waals surface area contributed by atoms with E-state index < -0.39 is 0 Å². The van der Waals surface area contributed by atoms with Crippen molar-refractivity contribution in [2.75, 3.05) is 0 Å². The fraction of sp³-hybridized carbons (Fsp3) is 0.186. The first-order chi connectivity index (χ1) is 23.3. The summed E-state index contributed by atoms with van der Waals surface area (Å²) in [6.45, 7) is 13.1. The second kappa shape index (κ2) is 14.3. The first-order valence-corrected chi connectivity index (χ1v) is 16.5. The van der Waals surface area contributed by atoms with Crippen molar-refractivity contribution in [1.82, 2.24) is 19.5 Å². The summed E-state index contributed by atoms with van der Waals surface area (Å²) in [4.78, 5) is 13.8. The Kier molecular flexibility index (Phi) is 9.91. The molecule has 0 unspecified atom stereocenters. The monoisotopic (exact) mass is 819 g/mol. The van der Waals surface area contributed by atoms with Crippen LogP contribution in [-0.4, -0.2) is 19.5 Å². The molecule has 0 aliphatic heterocycles. The van der Waals surface area contributed by atoms with Crippen LogP contribution in [-0.2, 0) is 20.1 Å². The zero-order valence-corrected chi connectivity index (χ0v) is 31.0. The molecule has 4 aromatic heterocycles. The maximum atomic E-state index is 6.38. The number of fused-ring (bicyclic) bond motifs is 4. The molecule has 0 bridgehead atoms. The van der Waals surface area contributed by atoms with E-state index in [0.717, 1.165) is 55.6 Å². The summed E-state index contributed by atoms with van der Waals surface area (Å²) in [7, 11) is 0. The molecule has 4 heterocycles. The average Bonchev–Trinajstić information content (AvgIpc) is 3.68. The van der Waals surface area contributed by atoms with E-state index in [1.165, 1.54) is 27.9 Å². The van der Waals surface area contributed by atoms with Gasteiger partial charge < -0.3 is 14.0 Å². The van der Waals surface area contributed by atoms with Crippen LogP contribution in [0.25, 0.3) is 61.3 Å². The van der Waals surface area contributed by atoms with Gasteiger partial charge in [0.05, 0.1) is 28.6 Å². The van der Waals surface area contributed by atoms with Crippen molar-refractivity contribution in [2.24, 2.45) is 0 Å². The molecule has 0 spiro atoms. The number of rotatable bonds is 5. The summed E-state index contributed by atoms with van der Waals surface area (Å²) in [6.07, 6.45) is 5.55. The summed E-state index contributed by atoms with van der Waals surface area (Å²) in [5.74, 6) is 1.53. The molecule has 6 heteroatoms. The topological polar surface area (TPSA) is 56.7 Å². The molecule has 247 valence electrons. The van der Waals surface area contributed by atoms with Crippen molar-refractivity contribution < 1.29 is 24.5 Å². The Hall–Kier alpha value is -4.90. The molecule has 8 rings (SSSR count). The summed E-state index contributed by atoms with van der Waals surface area (Å²) in [5, 5.41) is 2.17. The van der Waals surface area contributed by atoms with Crippen molar-refractivity contribution in [1.29, 1.82) is 0 Å². The van der Waals surface area contributed by atoms with Crippen LogP contribution in [0, 0.1) is 26.0 Å². The maximum Gasteiger partial charge on any atom is 0.120 e. The van der Waals surface area contributed by atoms with E-state index >= 15 is 0 Å². The molecule has 49 heavy (non-hydrogen) atoms. The normalized spacial score (nSPS) is 11.3. The molecule has 0 aliphatic rings. The number of hydrogen-bond acceptors (Lipinski definition) is 4. The number of aromatic nitrogens is 4. The number of aryl methyl sites for hydroxylation is 2. The standard InChI is InChI=1S/C30H26N3O.C13H12N.Ir/c1-18(2)20-10-7-11-21(19(3)4)28(20)33-26-15-16-31-17-25(26)32-30(33)24-13-8-12-23-22-9-5-6-14-27(22)34-29(23)24;1-10-3-6-12(7-4-10)13-8-5-11(2)9-14-13;/h5-12,14-19H,1-4H3;3-6,8-9H,1-2H3;/q2*-1;. The zero-order valence-electron chi connectivity index (χ0n) is 28.6. The second-order valence-corrected chi connectivity index (χ2v) is 12.9. The molecule has 4 aromatic carbocycles.